The summed E-state index contributed by atoms with van der Waals surface area (Å²) < 4.78 is 6.11. The van der Waals surface area contributed by atoms with E-state index in [1.807, 2.05) is 4.90 Å². The van der Waals surface area contributed by atoms with Gasteiger partial charge in [-0.1, -0.05) is 11.6 Å². The maximum atomic E-state index is 11.0. The molecular formula is C8H8BrClN2O3S. The zero-order valence-corrected chi connectivity index (χ0v) is 11.3. The second-order valence-corrected chi connectivity index (χ2v) is 6.14. The Morgan fingerprint density at radius 1 is 1.50 bits per heavy atom. The number of thiophene rings is 1. The Morgan fingerprint density at radius 2 is 2.12 bits per heavy atom. The quantitative estimate of drug-likeness (QED) is 0.619. The van der Waals surface area contributed by atoms with Crippen molar-refractivity contribution < 1.29 is 9.66 Å². The van der Waals surface area contributed by atoms with E-state index < -0.39 is 4.92 Å². The third-order valence-electron chi connectivity index (χ3n) is 2.29. The van der Waals surface area contributed by atoms with Crippen LogP contribution in [0.1, 0.15) is 0 Å². The van der Waals surface area contributed by atoms with Crippen LogP contribution in [-0.2, 0) is 4.74 Å². The molecular weight excluding hydrogens is 320 g/mol. The Hall–Kier alpha value is -0.370. The Labute approximate surface area is 109 Å². The molecule has 0 spiro atoms. The van der Waals surface area contributed by atoms with Crippen LogP contribution in [0.5, 0.6) is 0 Å². The Kier molecular flexibility index (Phi) is 3.68. The second-order valence-electron chi connectivity index (χ2n) is 3.20. The number of nitro groups is 1. The maximum Gasteiger partial charge on any atom is 0.319 e. The lowest BCUT2D eigenvalue weighted by atomic mass is 10.3. The van der Waals surface area contributed by atoms with Gasteiger partial charge in [0.1, 0.15) is 10.0 Å². The van der Waals surface area contributed by atoms with Gasteiger partial charge < -0.3 is 9.64 Å². The summed E-state index contributed by atoms with van der Waals surface area (Å²) in [4.78, 5) is 12.5. The van der Waals surface area contributed by atoms with E-state index in [1.54, 1.807) is 0 Å². The Bertz CT molecular complexity index is 420. The number of hydrogen-bond donors (Lipinski definition) is 0. The van der Waals surface area contributed by atoms with E-state index >= 15 is 0 Å². The summed E-state index contributed by atoms with van der Waals surface area (Å²) in [7, 11) is 0. The van der Waals surface area contributed by atoms with Gasteiger partial charge in [-0.25, -0.2) is 0 Å². The summed E-state index contributed by atoms with van der Waals surface area (Å²) in [5, 5.41) is 11.0. The van der Waals surface area contributed by atoms with Gasteiger partial charge in [0.25, 0.3) is 0 Å². The zero-order valence-electron chi connectivity index (χ0n) is 8.11. The molecule has 1 aliphatic heterocycles. The summed E-state index contributed by atoms with van der Waals surface area (Å²) in [6.45, 7) is 2.40. The number of nitrogens with zero attached hydrogens (tertiary/aromatic N) is 2. The summed E-state index contributed by atoms with van der Waals surface area (Å²) in [6, 6.07) is 0. The van der Waals surface area contributed by atoms with Gasteiger partial charge in [0.2, 0.25) is 0 Å². The largest absolute Gasteiger partial charge is 0.378 e. The van der Waals surface area contributed by atoms with E-state index in [2.05, 4.69) is 15.9 Å². The average Bonchev–Trinajstić information content (AvgIpc) is 2.55. The van der Waals surface area contributed by atoms with E-state index in [0.717, 1.165) is 0 Å². The summed E-state index contributed by atoms with van der Waals surface area (Å²) in [5.74, 6) is 0. The van der Waals surface area contributed by atoms with Gasteiger partial charge in [-0.05, 0) is 15.9 Å². The van der Waals surface area contributed by atoms with Crippen molar-refractivity contribution in [3.05, 3.63) is 18.2 Å². The van der Waals surface area contributed by atoms with Crippen molar-refractivity contribution in [2.45, 2.75) is 0 Å². The zero-order chi connectivity index (χ0) is 11.7. The summed E-state index contributed by atoms with van der Waals surface area (Å²) in [6.07, 6.45) is 0. The van der Waals surface area contributed by atoms with Crippen molar-refractivity contribution in [1.29, 1.82) is 0 Å². The molecule has 0 bridgehead atoms. The van der Waals surface area contributed by atoms with Gasteiger partial charge in [0.15, 0.2) is 3.79 Å². The predicted molar refractivity (Wildman–Crippen MR) is 66.7 cm³/mol. The summed E-state index contributed by atoms with van der Waals surface area (Å²) in [5.41, 5.74) is 0.559. The molecule has 2 heterocycles. The van der Waals surface area contributed by atoms with Crippen LogP contribution < -0.4 is 4.90 Å². The van der Waals surface area contributed by atoms with Crippen LogP contribution in [0.4, 0.5) is 11.4 Å². The van der Waals surface area contributed by atoms with Crippen molar-refractivity contribution >= 4 is 50.2 Å². The monoisotopic (exact) mass is 326 g/mol. The van der Waals surface area contributed by atoms with Crippen molar-refractivity contribution in [1.82, 2.24) is 0 Å². The van der Waals surface area contributed by atoms with Crippen molar-refractivity contribution in [3.8, 4) is 0 Å². The highest BCUT2D eigenvalue weighted by molar-refractivity contribution is 9.11. The Morgan fingerprint density at radius 3 is 2.69 bits per heavy atom. The molecule has 88 valence electrons. The molecule has 0 atom stereocenters. The number of halogens is 2. The number of morpholine rings is 1. The Balaban J connectivity index is 2.41. The molecule has 1 aromatic heterocycles. The van der Waals surface area contributed by atoms with Crippen LogP contribution in [0.2, 0.25) is 4.34 Å². The van der Waals surface area contributed by atoms with Crippen molar-refractivity contribution in [3.63, 3.8) is 0 Å². The van der Waals surface area contributed by atoms with E-state index in [0.29, 0.717) is 40.1 Å². The molecule has 2 rings (SSSR count). The van der Waals surface area contributed by atoms with Crippen LogP contribution in [0, 0.1) is 10.1 Å². The molecule has 0 amide bonds. The minimum absolute atomic E-state index is 0.0527. The first-order valence-corrected chi connectivity index (χ1v) is 6.55. The highest BCUT2D eigenvalue weighted by atomic mass is 79.9. The topological polar surface area (TPSA) is 55.6 Å². The molecule has 8 heteroatoms. The van der Waals surface area contributed by atoms with E-state index in [-0.39, 0.29) is 5.69 Å². The SMILES string of the molecule is O=[N+]([O-])c1c(Br)sc(Cl)c1N1CCOCC1. The fourth-order valence-electron chi connectivity index (χ4n) is 1.58. The smallest absolute Gasteiger partial charge is 0.319 e. The van der Waals surface area contributed by atoms with E-state index in [9.17, 15) is 10.1 Å². The van der Waals surface area contributed by atoms with Crippen LogP contribution in [0.3, 0.4) is 0 Å². The molecule has 1 aromatic rings. The lowest BCUT2D eigenvalue weighted by Gasteiger charge is -2.27. The number of rotatable bonds is 2. The summed E-state index contributed by atoms with van der Waals surface area (Å²) >= 11 is 10.4. The highest BCUT2D eigenvalue weighted by Crippen LogP contribution is 2.48. The lowest BCUT2D eigenvalue weighted by molar-refractivity contribution is -0.384. The third kappa shape index (κ3) is 2.17. The van der Waals surface area contributed by atoms with Crippen LogP contribution >= 0.6 is 38.9 Å². The molecule has 0 aromatic carbocycles. The molecule has 0 radical (unpaired) electrons. The fourth-order valence-corrected chi connectivity index (χ4v) is 3.87. The molecule has 16 heavy (non-hydrogen) atoms. The van der Waals surface area contributed by atoms with Crippen LogP contribution in [0.15, 0.2) is 3.79 Å². The molecule has 1 saturated heterocycles. The number of anilines is 1. The first kappa shape index (κ1) is 12.1. The maximum absolute atomic E-state index is 11.0. The first-order valence-electron chi connectivity index (χ1n) is 4.56. The van der Waals surface area contributed by atoms with Crippen LogP contribution in [0.25, 0.3) is 0 Å². The molecule has 0 aliphatic carbocycles. The van der Waals surface area contributed by atoms with Crippen molar-refractivity contribution in [2.75, 3.05) is 31.2 Å². The lowest BCUT2D eigenvalue weighted by Crippen LogP contribution is -2.36. The molecule has 0 saturated carbocycles. The van der Waals surface area contributed by atoms with Gasteiger partial charge in [0.05, 0.1) is 18.1 Å². The van der Waals surface area contributed by atoms with E-state index in [1.165, 1.54) is 11.3 Å². The fraction of sp³-hybridized carbons (Fsp3) is 0.500. The van der Waals surface area contributed by atoms with Gasteiger partial charge in [0, 0.05) is 13.1 Å². The standard InChI is InChI=1S/C8H8BrClN2O3S/c9-7-5(12(13)14)6(8(10)16-7)11-1-3-15-4-2-11/h1-4H2. The second kappa shape index (κ2) is 4.87. The van der Waals surface area contributed by atoms with Gasteiger partial charge in [-0.15, -0.1) is 11.3 Å². The van der Waals surface area contributed by atoms with Crippen molar-refractivity contribution in [2.24, 2.45) is 0 Å². The normalized spacial score (nSPS) is 16.5. The predicted octanol–water partition coefficient (Wildman–Crippen LogP) is 2.91. The van der Waals surface area contributed by atoms with E-state index in [4.69, 9.17) is 16.3 Å². The molecule has 1 fully saturated rings. The number of hydrogen-bond acceptors (Lipinski definition) is 5. The van der Waals surface area contributed by atoms with Gasteiger partial charge in [-0.3, -0.25) is 10.1 Å². The van der Waals surface area contributed by atoms with Gasteiger partial charge in [-0.2, -0.15) is 0 Å². The molecule has 5 nitrogen and oxygen atoms in total. The average molecular weight is 328 g/mol. The van der Waals surface area contributed by atoms with Gasteiger partial charge >= 0.3 is 5.69 Å². The third-order valence-corrected chi connectivity index (χ3v) is 4.30. The molecule has 0 unspecified atom stereocenters. The number of ether oxygens (including phenoxy) is 1. The highest BCUT2D eigenvalue weighted by Gasteiger charge is 2.30. The van der Waals surface area contributed by atoms with Crippen LogP contribution in [-0.4, -0.2) is 31.2 Å². The first-order chi connectivity index (χ1) is 7.61. The minimum Gasteiger partial charge on any atom is -0.378 e. The molecule has 1 aliphatic rings. The minimum atomic E-state index is -0.405. The molecule has 0 N–H and O–H groups in total.